The van der Waals surface area contributed by atoms with Crippen molar-refractivity contribution in [3.63, 3.8) is 0 Å². The van der Waals surface area contributed by atoms with Crippen LogP contribution in [0.1, 0.15) is 11.1 Å². The molecular formula is C22H14F2N4O4S. The van der Waals surface area contributed by atoms with Gasteiger partial charge in [0.2, 0.25) is 0 Å². The number of nitrogens with one attached hydrogen (secondary N) is 2. The number of H-pyrrole nitrogens is 1. The number of pyridine rings is 1. The van der Waals surface area contributed by atoms with E-state index in [1.54, 1.807) is 12.3 Å². The molecule has 0 atom stereocenters. The third-order valence-corrected chi connectivity index (χ3v) is 6.15. The van der Waals surface area contributed by atoms with Crippen LogP contribution in [0.25, 0.3) is 11.0 Å². The van der Waals surface area contributed by atoms with Crippen molar-refractivity contribution in [2.75, 3.05) is 17.9 Å². The highest BCUT2D eigenvalue weighted by Crippen LogP contribution is 2.33. The highest BCUT2D eigenvalue weighted by molar-refractivity contribution is 7.92. The molecule has 1 aliphatic rings. The third-order valence-electron chi connectivity index (χ3n) is 4.78. The van der Waals surface area contributed by atoms with Gasteiger partial charge in [-0.25, -0.2) is 22.2 Å². The van der Waals surface area contributed by atoms with Crippen molar-refractivity contribution in [1.29, 1.82) is 0 Å². The number of sulfonamides is 1. The van der Waals surface area contributed by atoms with Gasteiger partial charge in [0.05, 0.1) is 22.3 Å². The maximum Gasteiger partial charge on any atom is 0.262 e. The first-order valence-electron chi connectivity index (χ1n) is 9.62. The zero-order valence-corrected chi connectivity index (χ0v) is 17.5. The Balaban J connectivity index is 1.46. The number of halogens is 2. The fourth-order valence-corrected chi connectivity index (χ4v) is 4.25. The first kappa shape index (κ1) is 20.7. The first-order valence-corrected chi connectivity index (χ1v) is 11.1. The van der Waals surface area contributed by atoms with E-state index in [9.17, 15) is 12.8 Å². The van der Waals surface area contributed by atoms with E-state index in [1.165, 1.54) is 24.4 Å². The molecule has 0 amide bonds. The van der Waals surface area contributed by atoms with Crippen LogP contribution in [0.15, 0.2) is 53.7 Å². The van der Waals surface area contributed by atoms with Crippen LogP contribution in [-0.4, -0.2) is 36.8 Å². The number of fused-ring (bicyclic) bond motifs is 2. The van der Waals surface area contributed by atoms with E-state index >= 15 is 4.39 Å². The number of aromatic nitrogens is 3. The molecule has 3 heterocycles. The Morgan fingerprint density at radius 1 is 1.00 bits per heavy atom. The van der Waals surface area contributed by atoms with Gasteiger partial charge in [-0.05, 0) is 30.3 Å². The predicted molar refractivity (Wildman–Crippen MR) is 114 cm³/mol. The lowest BCUT2D eigenvalue weighted by atomic mass is 10.1. The van der Waals surface area contributed by atoms with Gasteiger partial charge in [0.25, 0.3) is 10.0 Å². The molecule has 166 valence electrons. The van der Waals surface area contributed by atoms with Crippen molar-refractivity contribution in [1.82, 2.24) is 15.2 Å². The van der Waals surface area contributed by atoms with Crippen molar-refractivity contribution in [3.8, 4) is 23.3 Å². The van der Waals surface area contributed by atoms with Gasteiger partial charge in [-0.1, -0.05) is 11.8 Å². The number of benzene rings is 2. The van der Waals surface area contributed by atoms with Crippen LogP contribution in [0.3, 0.4) is 0 Å². The molecule has 0 saturated carbocycles. The summed E-state index contributed by atoms with van der Waals surface area (Å²) in [7, 11) is -4.20. The van der Waals surface area contributed by atoms with Crippen molar-refractivity contribution in [3.05, 3.63) is 71.6 Å². The van der Waals surface area contributed by atoms with Gasteiger partial charge in [-0.15, -0.1) is 0 Å². The van der Waals surface area contributed by atoms with E-state index in [0.717, 1.165) is 12.1 Å². The van der Waals surface area contributed by atoms with Crippen molar-refractivity contribution in [2.24, 2.45) is 0 Å². The standard InChI is InChI=1S/C22H14F2N4O4S/c23-17-4-5-18(28-33(29,30)15-2-6-19-20(10-15)32-8-7-31-19)21(24)16(17)3-1-13-9-14-12-26-27-22(14)25-11-13/h2,4-6,9-12,28H,7-8H2,(H,25,26,27). The molecule has 2 aromatic carbocycles. The lowest BCUT2D eigenvalue weighted by Crippen LogP contribution is -2.18. The molecule has 2 aromatic heterocycles. The maximum absolute atomic E-state index is 15.0. The maximum atomic E-state index is 15.0. The molecule has 0 saturated heterocycles. The normalized spacial score (nSPS) is 12.8. The van der Waals surface area contributed by atoms with E-state index in [2.05, 4.69) is 31.7 Å². The number of hydrogen-bond donors (Lipinski definition) is 2. The molecule has 0 spiro atoms. The largest absolute Gasteiger partial charge is 0.486 e. The van der Waals surface area contributed by atoms with Crippen LogP contribution in [-0.2, 0) is 10.0 Å². The highest BCUT2D eigenvalue weighted by Gasteiger charge is 2.22. The number of rotatable bonds is 3. The predicted octanol–water partition coefficient (Wildman–Crippen LogP) is 3.21. The summed E-state index contributed by atoms with van der Waals surface area (Å²) < 4.78 is 67.8. The van der Waals surface area contributed by atoms with Crippen molar-refractivity contribution < 1.29 is 26.7 Å². The first-order chi connectivity index (χ1) is 15.9. The molecule has 8 nitrogen and oxygen atoms in total. The number of nitrogens with zero attached hydrogens (tertiary/aromatic N) is 2. The van der Waals surface area contributed by atoms with E-state index in [4.69, 9.17) is 9.47 Å². The second-order valence-electron chi connectivity index (χ2n) is 6.98. The van der Waals surface area contributed by atoms with Gasteiger partial charge in [0.15, 0.2) is 23.0 Å². The summed E-state index contributed by atoms with van der Waals surface area (Å²) in [6.07, 6.45) is 2.97. The van der Waals surface area contributed by atoms with E-state index in [1.807, 2.05) is 0 Å². The lowest BCUT2D eigenvalue weighted by Gasteiger charge is -2.19. The summed E-state index contributed by atoms with van der Waals surface area (Å²) >= 11 is 0. The van der Waals surface area contributed by atoms with Crippen LogP contribution in [0, 0.1) is 23.5 Å². The highest BCUT2D eigenvalue weighted by atomic mass is 32.2. The minimum atomic E-state index is -4.20. The quantitative estimate of drug-likeness (QED) is 0.448. The molecule has 4 aromatic rings. The molecule has 2 N–H and O–H groups in total. The number of anilines is 1. The number of aromatic amines is 1. The summed E-state index contributed by atoms with van der Waals surface area (Å²) in [6, 6.07) is 7.61. The summed E-state index contributed by atoms with van der Waals surface area (Å²) in [5.41, 5.74) is -0.0675. The second kappa shape index (κ2) is 8.07. The van der Waals surface area contributed by atoms with Crippen LogP contribution in [0.2, 0.25) is 0 Å². The Labute approximate surface area is 186 Å². The minimum Gasteiger partial charge on any atom is -0.486 e. The molecule has 0 aliphatic carbocycles. The Morgan fingerprint density at radius 3 is 2.67 bits per heavy atom. The van der Waals surface area contributed by atoms with E-state index < -0.39 is 32.9 Å². The summed E-state index contributed by atoms with van der Waals surface area (Å²) in [5, 5.41) is 7.22. The van der Waals surface area contributed by atoms with Gasteiger partial charge >= 0.3 is 0 Å². The minimum absolute atomic E-state index is 0.164. The van der Waals surface area contributed by atoms with Crippen LogP contribution in [0.4, 0.5) is 14.5 Å². The van der Waals surface area contributed by atoms with E-state index in [0.29, 0.717) is 29.0 Å². The van der Waals surface area contributed by atoms with Crippen LogP contribution < -0.4 is 14.2 Å². The van der Waals surface area contributed by atoms with Crippen molar-refractivity contribution in [2.45, 2.75) is 4.90 Å². The zero-order valence-electron chi connectivity index (χ0n) is 16.7. The molecule has 0 radical (unpaired) electrons. The molecule has 0 unspecified atom stereocenters. The molecule has 1 aliphatic heterocycles. The Hall–Kier alpha value is -4.17. The SMILES string of the molecule is O=S(=O)(Nc1ccc(F)c(C#Cc2cnc3[nH]ncc3c2)c1F)c1ccc2c(c1)OCCO2. The molecule has 33 heavy (non-hydrogen) atoms. The number of ether oxygens (including phenoxy) is 2. The van der Waals surface area contributed by atoms with Gasteiger partial charge < -0.3 is 9.47 Å². The second-order valence-corrected chi connectivity index (χ2v) is 8.66. The topological polar surface area (TPSA) is 106 Å². The fraction of sp³-hybridized carbons (Fsp3) is 0.0909. The van der Waals surface area contributed by atoms with Crippen LogP contribution in [0.5, 0.6) is 11.5 Å². The Morgan fingerprint density at radius 2 is 1.82 bits per heavy atom. The van der Waals surface area contributed by atoms with E-state index in [-0.39, 0.29) is 17.3 Å². The average Bonchev–Trinajstić information content (AvgIpc) is 3.28. The number of hydrogen-bond acceptors (Lipinski definition) is 6. The van der Waals surface area contributed by atoms with Gasteiger partial charge in [0, 0.05) is 23.2 Å². The lowest BCUT2D eigenvalue weighted by molar-refractivity contribution is 0.171. The van der Waals surface area contributed by atoms with Gasteiger partial charge in [-0.3, -0.25) is 9.82 Å². The third kappa shape index (κ3) is 4.04. The zero-order chi connectivity index (χ0) is 23.0. The summed E-state index contributed by atoms with van der Waals surface area (Å²) in [5.74, 6) is 3.66. The smallest absolute Gasteiger partial charge is 0.262 e. The van der Waals surface area contributed by atoms with Gasteiger partial charge in [-0.2, -0.15) is 5.10 Å². The Bertz CT molecular complexity index is 1560. The molecule has 0 bridgehead atoms. The van der Waals surface area contributed by atoms with Gasteiger partial charge in [0.1, 0.15) is 19.0 Å². The van der Waals surface area contributed by atoms with Crippen LogP contribution >= 0.6 is 0 Å². The molecule has 0 fully saturated rings. The van der Waals surface area contributed by atoms with Crippen molar-refractivity contribution >= 4 is 26.7 Å². The fourth-order valence-electron chi connectivity index (χ4n) is 3.18. The molecule has 5 rings (SSSR count). The average molecular weight is 468 g/mol. The monoisotopic (exact) mass is 468 g/mol. The summed E-state index contributed by atoms with van der Waals surface area (Å²) in [4.78, 5) is 3.95. The molecular weight excluding hydrogens is 454 g/mol. The molecule has 11 heteroatoms. The Kier molecular flexibility index (Phi) is 5.07. The summed E-state index contributed by atoms with van der Waals surface area (Å²) in [6.45, 7) is 0.634.